The van der Waals surface area contributed by atoms with Gasteiger partial charge in [0, 0.05) is 12.3 Å². The molecule has 2 N–H and O–H groups in total. The number of aromatic nitrogens is 1. The molecular formula is C12H9FN2OS. The summed E-state index contributed by atoms with van der Waals surface area (Å²) in [4.78, 5) is 4.15. The lowest BCUT2D eigenvalue weighted by molar-refractivity contribution is 0.473. The molecule has 0 aliphatic carbocycles. The Morgan fingerprint density at radius 1 is 1.29 bits per heavy atom. The first kappa shape index (κ1) is 11.5. The molecule has 0 aliphatic heterocycles. The molecule has 0 radical (unpaired) electrons. The SMILES string of the molecule is NC(=S)c1ncccc1Oc1cccc(F)c1. The number of nitrogens with zero attached hydrogens (tertiary/aromatic N) is 1. The van der Waals surface area contributed by atoms with E-state index in [0.29, 0.717) is 17.2 Å². The van der Waals surface area contributed by atoms with Gasteiger partial charge >= 0.3 is 0 Å². The fourth-order valence-electron chi connectivity index (χ4n) is 1.32. The zero-order valence-electron chi connectivity index (χ0n) is 8.76. The van der Waals surface area contributed by atoms with E-state index in [-0.39, 0.29) is 10.8 Å². The number of halogens is 1. The van der Waals surface area contributed by atoms with Crippen LogP contribution in [0.1, 0.15) is 5.69 Å². The Morgan fingerprint density at radius 3 is 2.82 bits per heavy atom. The van der Waals surface area contributed by atoms with Crippen LogP contribution in [0.15, 0.2) is 42.6 Å². The average molecular weight is 248 g/mol. The van der Waals surface area contributed by atoms with Crippen molar-refractivity contribution in [2.24, 2.45) is 5.73 Å². The average Bonchev–Trinajstić information content (AvgIpc) is 2.29. The Balaban J connectivity index is 2.33. The van der Waals surface area contributed by atoms with Crippen molar-refractivity contribution in [3.05, 3.63) is 54.1 Å². The predicted molar refractivity (Wildman–Crippen MR) is 66.6 cm³/mol. The first-order valence-electron chi connectivity index (χ1n) is 4.85. The van der Waals surface area contributed by atoms with Crippen molar-refractivity contribution in [2.75, 3.05) is 0 Å². The van der Waals surface area contributed by atoms with Gasteiger partial charge < -0.3 is 10.5 Å². The highest BCUT2D eigenvalue weighted by molar-refractivity contribution is 7.80. The van der Waals surface area contributed by atoms with E-state index >= 15 is 0 Å². The molecule has 0 unspecified atom stereocenters. The maximum atomic E-state index is 13.0. The number of ether oxygens (including phenoxy) is 1. The molecule has 0 fully saturated rings. The zero-order valence-corrected chi connectivity index (χ0v) is 9.58. The first-order valence-corrected chi connectivity index (χ1v) is 5.26. The molecule has 0 bridgehead atoms. The van der Waals surface area contributed by atoms with E-state index in [4.69, 9.17) is 22.7 Å². The highest BCUT2D eigenvalue weighted by Gasteiger charge is 2.08. The largest absolute Gasteiger partial charge is 0.455 e. The molecule has 0 atom stereocenters. The van der Waals surface area contributed by atoms with Crippen LogP contribution in [0.5, 0.6) is 11.5 Å². The van der Waals surface area contributed by atoms with Crippen LogP contribution in [0.3, 0.4) is 0 Å². The molecular weight excluding hydrogens is 239 g/mol. The van der Waals surface area contributed by atoms with Gasteiger partial charge in [-0.1, -0.05) is 18.3 Å². The molecule has 0 aliphatic rings. The minimum Gasteiger partial charge on any atom is -0.455 e. The number of benzene rings is 1. The third-order valence-corrected chi connectivity index (χ3v) is 2.22. The Morgan fingerprint density at radius 2 is 2.12 bits per heavy atom. The molecule has 0 amide bonds. The van der Waals surface area contributed by atoms with E-state index in [0.717, 1.165) is 0 Å². The monoisotopic (exact) mass is 248 g/mol. The van der Waals surface area contributed by atoms with Crippen molar-refractivity contribution in [3.8, 4) is 11.5 Å². The predicted octanol–water partition coefficient (Wildman–Crippen LogP) is 2.65. The van der Waals surface area contributed by atoms with Crippen LogP contribution in [0, 0.1) is 5.82 Å². The Bertz CT molecular complexity index is 560. The van der Waals surface area contributed by atoms with Crippen LogP contribution >= 0.6 is 12.2 Å². The second-order valence-corrected chi connectivity index (χ2v) is 3.71. The van der Waals surface area contributed by atoms with Gasteiger partial charge in [0.1, 0.15) is 22.2 Å². The molecule has 5 heteroatoms. The zero-order chi connectivity index (χ0) is 12.3. The van der Waals surface area contributed by atoms with Gasteiger partial charge in [-0.05, 0) is 24.3 Å². The van der Waals surface area contributed by atoms with Crippen LogP contribution in [0.25, 0.3) is 0 Å². The molecule has 1 heterocycles. The van der Waals surface area contributed by atoms with Gasteiger partial charge in [0.05, 0.1) is 0 Å². The van der Waals surface area contributed by atoms with Crippen LogP contribution in [0.2, 0.25) is 0 Å². The summed E-state index contributed by atoms with van der Waals surface area (Å²) in [5, 5.41) is 0. The maximum Gasteiger partial charge on any atom is 0.156 e. The summed E-state index contributed by atoms with van der Waals surface area (Å²) in [5.74, 6) is 0.407. The second kappa shape index (κ2) is 4.88. The van der Waals surface area contributed by atoms with E-state index in [2.05, 4.69) is 4.98 Å². The lowest BCUT2D eigenvalue weighted by Crippen LogP contribution is -2.12. The lowest BCUT2D eigenvalue weighted by Gasteiger charge is -2.08. The van der Waals surface area contributed by atoms with Gasteiger partial charge in [-0.15, -0.1) is 0 Å². The fourth-order valence-corrected chi connectivity index (χ4v) is 1.47. The van der Waals surface area contributed by atoms with Gasteiger partial charge in [-0.2, -0.15) is 0 Å². The third-order valence-electron chi connectivity index (χ3n) is 2.03. The summed E-state index contributed by atoms with van der Waals surface area (Å²) in [5.41, 5.74) is 5.89. The molecule has 1 aromatic carbocycles. The second-order valence-electron chi connectivity index (χ2n) is 3.27. The summed E-state index contributed by atoms with van der Waals surface area (Å²) >= 11 is 4.85. The molecule has 2 aromatic rings. The van der Waals surface area contributed by atoms with Crippen molar-refractivity contribution in [3.63, 3.8) is 0 Å². The number of hydrogen-bond acceptors (Lipinski definition) is 3. The van der Waals surface area contributed by atoms with E-state index in [1.807, 2.05) is 0 Å². The molecule has 0 saturated heterocycles. The first-order chi connectivity index (χ1) is 8.16. The molecule has 17 heavy (non-hydrogen) atoms. The highest BCUT2D eigenvalue weighted by atomic mass is 32.1. The van der Waals surface area contributed by atoms with Gasteiger partial charge in [0.15, 0.2) is 5.75 Å². The Hall–Kier alpha value is -2.01. The molecule has 1 aromatic heterocycles. The van der Waals surface area contributed by atoms with Crippen molar-refractivity contribution in [2.45, 2.75) is 0 Å². The van der Waals surface area contributed by atoms with E-state index < -0.39 is 0 Å². The molecule has 0 spiro atoms. The summed E-state index contributed by atoms with van der Waals surface area (Å²) in [7, 11) is 0. The van der Waals surface area contributed by atoms with Crippen molar-refractivity contribution >= 4 is 17.2 Å². The van der Waals surface area contributed by atoms with Crippen LogP contribution in [0.4, 0.5) is 4.39 Å². The number of rotatable bonds is 3. The molecule has 2 rings (SSSR count). The Labute approximate surface area is 103 Å². The normalized spacial score (nSPS) is 9.94. The van der Waals surface area contributed by atoms with Crippen LogP contribution in [-0.2, 0) is 0 Å². The van der Waals surface area contributed by atoms with Crippen molar-refractivity contribution in [1.82, 2.24) is 4.98 Å². The molecule has 3 nitrogen and oxygen atoms in total. The number of hydrogen-bond donors (Lipinski definition) is 1. The van der Waals surface area contributed by atoms with E-state index in [1.54, 1.807) is 30.5 Å². The van der Waals surface area contributed by atoms with Gasteiger partial charge in [0.25, 0.3) is 0 Å². The van der Waals surface area contributed by atoms with Gasteiger partial charge in [-0.3, -0.25) is 0 Å². The smallest absolute Gasteiger partial charge is 0.156 e. The maximum absolute atomic E-state index is 13.0. The highest BCUT2D eigenvalue weighted by Crippen LogP contribution is 2.24. The summed E-state index contributed by atoms with van der Waals surface area (Å²) in [6.07, 6.45) is 1.56. The number of nitrogens with two attached hydrogens (primary N) is 1. The van der Waals surface area contributed by atoms with E-state index in [9.17, 15) is 4.39 Å². The summed E-state index contributed by atoms with van der Waals surface area (Å²) in [6.45, 7) is 0. The van der Waals surface area contributed by atoms with Gasteiger partial charge in [-0.25, -0.2) is 9.37 Å². The van der Waals surface area contributed by atoms with Crippen molar-refractivity contribution < 1.29 is 9.13 Å². The summed E-state index contributed by atoms with van der Waals surface area (Å²) < 4.78 is 18.5. The van der Waals surface area contributed by atoms with Crippen molar-refractivity contribution in [1.29, 1.82) is 0 Å². The summed E-state index contributed by atoms with van der Waals surface area (Å²) in [6, 6.07) is 9.17. The quantitative estimate of drug-likeness (QED) is 0.848. The number of thiocarbonyl (C=S) groups is 1. The molecule has 0 saturated carbocycles. The third kappa shape index (κ3) is 2.76. The molecule has 86 valence electrons. The van der Waals surface area contributed by atoms with Gasteiger partial charge in [0.2, 0.25) is 0 Å². The van der Waals surface area contributed by atoms with E-state index in [1.165, 1.54) is 12.1 Å². The standard InChI is InChI=1S/C12H9FN2OS/c13-8-3-1-4-9(7-8)16-10-5-2-6-15-11(10)12(14)17/h1-7H,(H2,14,17). The van der Waals surface area contributed by atoms with Crippen LogP contribution < -0.4 is 10.5 Å². The van der Waals surface area contributed by atoms with Crippen LogP contribution in [-0.4, -0.2) is 9.97 Å². The minimum absolute atomic E-state index is 0.136. The lowest BCUT2D eigenvalue weighted by atomic mass is 10.3. The minimum atomic E-state index is -0.372. The number of pyridine rings is 1. The Kier molecular flexibility index (Phi) is 3.30. The topological polar surface area (TPSA) is 48.1 Å². The fraction of sp³-hybridized carbons (Fsp3) is 0.